The molecule has 0 saturated heterocycles. The van der Waals surface area contributed by atoms with Crippen LogP contribution in [-0.2, 0) is 25.8 Å². The van der Waals surface area contributed by atoms with Gasteiger partial charge in [0.05, 0.1) is 18.0 Å². The molecule has 3 nitrogen and oxygen atoms in total. The lowest BCUT2D eigenvalue weighted by Crippen LogP contribution is -2.28. The summed E-state index contributed by atoms with van der Waals surface area (Å²) in [6.07, 6.45) is 2.44. The van der Waals surface area contributed by atoms with Gasteiger partial charge < -0.3 is 4.90 Å². The van der Waals surface area contributed by atoms with Crippen LogP contribution < -0.4 is 0 Å². The van der Waals surface area contributed by atoms with Gasteiger partial charge >= 0.3 is 0 Å². The third-order valence-corrected chi connectivity index (χ3v) is 4.20. The van der Waals surface area contributed by atoms with Crippen LogP contribution in [0, 0.1) is 11.3 Å². The lowest BCUT2D eigenvalue weighted by atomic mass is 9.93. The first-order chi connectivity index (χ1) is 9.74. The average molecular weight is 265 g/mol. The van der Waals surface area contributed by atoms with Crippen LogP contribution in [0.4, 0.5) is 0 Å². The maximum absolute atomic E-state index is 9.19. The molecule has 2 heterocycles. The first-order valence-corrected chi connectivity index (χ1v) is 7.22. The summed E-state index contributed by atoms with van der Waals surface area (Å²) < 4.78 is 0. The molecule has 102 valence electrons. The van der Waals surface area contributed by atoms with E-state index in [0.717, 1.165) is 31.4 Å². The molecule has 2 aromatic rings. The van der Waals surface area contributed by atoms with E-state index in [-0.39, 0.29) is 0 Å². The van der Waals surface area contributed by atoms with Crippen molar-refractivity contribution in [2.75, 3.05) is 13.6 Å². The van der Waals surface area contributed by atoms with E-state index < -0.39 is 0 Å². The van der Waals surface area contributed by atoms with Crippen LogP contribution in [0.2, 0.25) is 0 Å². The summed E-state index contributed by atoms with van der Waals surface area (Å²) in [5.41, 5.74) is 6.05. The van der Waals surface area contributed by atoms with Crippen LogP contribution in [0.15, 0.2) is 18.2 Å². The molecule has 0 bridgehead atoms. The Kier molecular flexibility index (Phi) is 3.42. The van der Waals surface area contributed by atoms with Crippen LogP contribution in [0.5, 0.6) is 0 Å². The second kappa shape index (κ2) is 5.22. The molecule has 20 heavy (non-hydrogen) atoms. The third-order valence-electron chi connectivity index (χ3n) is 4.20. The topological polar surface area (TPSA) is 39.9 Å². The maximum Gasteiger partial charge on any atom is 0.0740 e. The van der Waals surface area contributed by atoms with Crippen molar-refractivity contribution in [2.24, 2.45) is 0 Å². The molecule has 0 fully saturated rings. The highest BCUT2D eigenvalue weighted by atomic mass is 15.1. The van der Waals surface area contributed by atoms with Crippen LogP contribution in [0.1, 0.15) is 29.3 Å². The van der Waals surface area contributed by atoms with Gasteiger partial charge in [-0.2, -0.15) is 5.26 Å². The lowest BCUT2D eigenvalue weighted by Gasteiger charge is -2.27. The number of nitrogens with zero attached hydrogens (tertiary/aromatic N) is 3. The van der Waals surface area contributed by atoms with Crippen molar-refractivity contribution in [3.05, 3.63) is 40.6 Å². The number of fused-ring (bicyclic) bond motifs is 2. The predicted octanol–water partition coefficient (Wildman–Crippen LogP) is 2.85. The van der Waals surface area contributed by atoms with Crippen molar-refractivity contribution in [1.82, 2.24) is 9.88 Å². The van der Waals surface area contributed by atoms with E-state index in [1.54, 1.807) is 0 Å². The Labute approximate surface area is 119 Å². The molecule has 0 saturated carbocycles. The van der Waals surface area contributed by atoms with Gasteiger partial charge in [-0.25, -0.2) is 0 Å². The fourth-order valence-electron chi connectivity index (χ4n) is 3.11. The highest BCUT2D eigenvalue weighted by molar-refractivity contribution is 5.87. The summed E-state index contributed by atoms with van der Waals surface area (Å²) in [5.74, 6) is 0. The van der Waals surface area contributed by atoms with E-state index >= 15 is 0 Å². The number of nitriles is 1. The second-order valence-electron chi connectivity index (χ2n) is 5.51. The summed E-state index contributed by atoms with van der Waals surface area (Å²) in [6, 6.07) is 8.68. The lowest BCUT2D eigenvalue weighted by molar-refractivity contribution is 0.309. The number of aromatic nitrogens is 1. The molecule has 0 amide bonds. The van der Waals surface area contributed by atoms with Crippen molar-refractivity contribution in [3.63, 3.8) is 0 Å². The van der Waals surface area contributed by atoms with Crippen molar-refractivity contribution >= 4 is 10.9 Å². The minimum Gasteiger partial charge on any atom is -0.302 e. The summed E-state index contributed by atoms with van der Waals surface area (Å²) in [6.45, 7) is 4.12. The first-order valence-electron chi connectivity index (χ1n) is 7.22. The molecule has 0 N–H and O–H groups in total. The molecular formula is C17H19N3. The Morgan fingerprint density at radius 2 is 2.25 bits per heavy atom. The largest absolute Gasteiger partial charge is 0.302 e. The first kappa shape index (κ1) is 13.1. The zero-order chi connectivity index (χ0) is 14.1. The fourth-order valence-corrected chi connectivity index (χ4v) is 3.11. The molecule has 3 rings (SSSR count). The van der Waals surface area contributed by atoms with E-state index in [2.05, 4.69) is 43.1 Å². The Bertz CT molecular complexity index is 697. The molecule has 0 spiro atoms. The van der Waals surface area contributed by atoms with E-state index in [4.69, 9.17) is 4.98 Å². The van der Waals surface area contributed by atoms with Gasteiger partial charge in [-0.05, 0) is 30.2 Å². The Morgan fingerprint density at radius 3 is 3.00 bits per heavy atom. The summed E-state index contributed by atoms with van der Waals surface area (Å²) in [5, 5.41) is 10.4. The van der Waals surface area contributed by atoms with Crippen LogP contribution >= 0.6 is 0 Å². The number of hydrogen-bond acceptors (Lipinski definition) is 3. The van der Waals surface area contributed by atoms with Gasteiger partial charge in [0.25, 0.3) is 0 Å². The minimum absolute atomic E-state index is 0.475. The number of aryl methyl sites for hydroxylation is 1. The van der Waals surface area contributed by atoms with Crippen molar-refractivity contribution in [1.29, 1.82) is 5.26 Å². The van der Waals surface area contributed by atoms with Gasteiger partial charge in [0, 0.05) is 30.6 Å². The van der Waals surface area contributed by atoms with Gasteiger partial charge in [-0.3, -0.25) is 4.98 Å². The molecule has 0 radical (unpaired) electrons. The molecule has 1 aliphatic rings. The van der Waals surface area contributed by atoms with Gasteiger partial charge in [0.2, 0.25) is 0 Å². The normalized spacial score (nSPS) is 15.1. The minimum atomic E-state index is 0.475. The van der Waals surface area contributed by atoms with Crippen LogP contribution in [0.3, 0.4) is 0 Å². The number of pyridine rings is 1. The zero-order valence-corrected chi connectivity index (χ0v) is 12.1. The smallest absolute Gasteiger partial charge is 0.0740 e. The van der Waals surface area contributed by atoms with Gasteiger partial charge in [0.1, 0.15) is 0 Å². The summed E-state index contributed by atoms with van der Waals surface area (Å²) in [7, 11) is 2.13. The molecular weight excluding hydrogens is 246 g/mol. The second-order valence-corrected chi connectivity index (χ2v) is 5.51. The molecule has 0 unspecified atom stereocenters. The van der Waals surface area contributed by atoms with Crippen molar-refractivity contribution in [2.45, 2.75) is 32.7 Å². The molecule has 0 aliphatic carbocycles. The molecule has 1 aliphatic heterocycles. The number of hydrogen-bond donors (Lipinski definition) is 0. The van der Waals surface area contributed by atoms with Crippen LogP contribution in [-0.4, -0.2) is 23.5 Å². The van der Waals surface area contributed by atoms with Gasteiger partial charge in [-0.1, -0.05) is 25.1 Å². The predicted molar refractivity (Wildman–Crippen MR) is 80.5 cm³/mol. The number of para-hydroxylation sites is 1. The highest BCUT2D eigenvalue weighted by Gasteiger charge is 2.21. The van der Waals surface area contributed by atoms with E-state index in [1.807, 2.05) is 0 Å². The number of rotatable bonds is 2. The highest BCUT2D eigenvalue weighted by Crippen LogP contribution is 2.29. The molecule has 1 aromatic carbocycles. The SMILES string of the molecule is CCc1cccc2c(CC#N)c3c(nc12)CCN(C)C3. The molecule has 3 heteroatoms. The van der Waals surface area contributed by atoms with E-state index in [9.17, 15) is 5.26 Å². The quantitative estimate of drug-likeness (QED) is 0.838. The Hall–Kier alpha value is -1.92. The van der Waals surface area contributed by atoms with Crippen molar-refractivity contribution in [3.8, 4) is 6.07 Å². The summed E-state index contributed by atoms with van der Waals surface area (Å²) in [4.78, 5) is 7.23. The number of likely N-dealkylation sites (N-methyl/N-ethyl adjacent to an activating group) is 1. The van der Waals surface area contributed by atoms with Gasteiger partial charge in [0.15, 0.2) is 0 Å². The monoisotopic (exact) mass is 265 g/mol. The zero-order valence-electron chi connectivity index (χ0n) is 12.1. The summed E-state index contributed by atoms with van der Waals surface area (Å²) >= 11 is 0. The van der Waals surface area contributed by atoms with Gasteiger partial charge in [-0.15, -0.1) is 0 Å². The third kappa shape index (κ3) is 2.07. The van der Waals surface area contributed by atoms with Crippen molar-refractivity contribution < 1.29 is 0 Å². The fraction of sp³-hybridized carbons (Fsp3) is 0.412. The molecule has 1 aromatic heterocycles. The standard InChI is InChI=1S/C17H19N3/c1-3-12-5-4-6-14-13(7-9-18)15-11-20(2)10-8-16(15)19-17(12)14/h4-6H,3,7-8,10-11H2,1-2H3. The maximum atomic E-state index is 9.19. The van der Waals surface area contributed by atoms with Crippen LogP contribution in [0.25, 0.3) is 10.9 Å². The Balaban J connectivity index is 2.32. The number of benzene rings is 1. The molecule has 0 atom stereocenters. The average Bonchev–Trinajstić information content (AvgIpc) is 2.47. The Morgan fingerprint density at radius 1 is 1.40 bits per heavy atom. The van der Waals surface area contributed by atoms with E-state index in [1.165, 1.54) is 27.8 Å². The van der Waals surface area contributed by atoms with E-state index in [0.29, 0.717) is 6.42 Å².